The van der Waals surface area contributed by atoms with Crippen molar-refractivity contribution in [3.05, 3.63) is 0 Å². The standard InChI is InChI=1S/C14H27NO4/c1-5-13(6-2,12(18)19)9-11(17)15-14(7-3,8-4)10-16/h16H,5-10H2,1-4H3,(H,15,17)(H,18,19). The number of aliphatic hydroxyl groups excluding tert-OH is 1. The van der Waals surface area contributed by atoms with Crippen molar-refractivity contribution in [3.63, 3.8) is 0 Å². The Hall–Kier alpha value is -1.10. The van der Waals surface area contributed by atoms with Gasteiger partial charge in [0.15, 0.2) is 0 Å². The number of nitrogens with one attached hydrogen (secondary N) is 1. The van der Waals surface area contributed by atoms with Crippen LogP contribution < -0.4 is 5.32 Å². The summed E-state index contributed by atoms with van der Waals surface area (Å²) in [5.41, 5.74) is -1.64. The van der Waals surface area contributed by atoms with Crippen molar-refractivity contribution in [1.29, 1.82) is 0 Å². The van der Waals surface area contributed by atoms with Crippen LogP contribution in [0.4, 0.5) is 0 Å². The third-order valence-electron chi connectivity index (χ3n) is 4.37. The molecular formula is C14H27NO4. The Kier molecular flexibility index (Phi) is 7.05. The molecule has 112 valence electrons. The van der Waals surface area contributed by atoms with E-state index in [1.54, 1.807) is 13.8 Å². The molecular weight excluding hydrogens is 246 g/mol. The molecule has 0 radical (unpaired) electrons. The highest BCUT2D eigenvalue weighted by Crippen LogP contribution is 2.31. The Morgan fingerprint density at radius 3 is 1.74 bits per heavy atom. The molecule has 0 rings (SSSR count). The van der Waals surface area contributed by atoms with Crippen molar-refractivity contribution < 1.29 is 19.8 Å². The second kappa shape index (κ2) is 7.48. The Balaban J connectivity index is 4.89. The molecule has 0 aromatic heterocycles. The number of carboxylic acid groups (broad SMARTS) is 1. The second-order valence-electron chi connectivity index (χ2n) is 5.16. The van der Waals surface area contributed by atoms with Crippen LogP contribution in [0.15, 0.2) is 0 Å². The number of hydrogen-bond donors (Lipinski definition) is 3. The number of carbonyl (C=O) groups is 2. The topological polar surface area (TPSA) is 86.6 Å². The van der Waals surface area contributed by atoms with E-state index in [2.05, 4.69) is 5.32 Å². The van der Waals surface area contributed by atoms with Gasteiger partial charge < -0.3 is 15.5 Å². The number of carbonyl (C=O) groups excluding carboxylic acids is 1. The molecule has 0 aliphatic heterocycles. The predicted octanol–water partition coefficient (Wildman–Crippen LogP) is 1.93. The molecule has 0 spiro atoms. The first kappa shape index (κ1) is 17.9. The van der Waals surface area contributed by atoms with Gasteiger partial charge in [-0.05, 0) is 25.7 Å². The molecule has 0 unspecified atom stereocenters. The van der Waals surface area contributed by atoms with Gasteiger partial charge in [-0.2, -0.15) is 0 Å². The van der Waals surface area contributed by atoms with E-state index < -0.39 is 16.9 Å². The lowest BCUT2D eigenvalue weighted by molar-refractivity contribution is -0.152. The van der Waals surface area contributed by atoms with E-state index >= 15 is 0 Å². The quantitative estimate of drug-likeness (QED) is 0.599. The van der Waals surface area contributed by atoms with Crippen molar-refractivity contribution >= 4 is 11.9 Å². The summed E-state index contributed by atoms with van der Waals surface area (Å²) in [5.74, 6) is -1.24. The lowest BCUT2D eigenvalue weighted by Crippen LogP contribution is -2.52. The molecule has 0 saturated heterocycles. The van der Waals surface area contributed by atoms with Crippen LogP contribution in [-0.2, 0) is 9.59 Å². The molecule has 5 heteroatoms. The average molecular weight is 273 g/mol. The number of aliphatic hydroxyl groups is 1. The molecule has 0 atom stereocenters. The van der Waals surface area contributed by atoms with Crippen LogP contribution in [0.1, 0.15) is 59.8 Å². The molecule has 0 heterocycles. The molecule has 0 aromatic carbocycles. The summed E-state index contributed by atoms with van der Waals surface area (Å²) >= 11 is 0. The van der Waals surface area contributed by atoms with Crippen LogP contribution in [0, 0.1) is 5.41 Å². The molecule has 0 fully saturated rings. The van der Waals surface area contributed by atoms with Crippen molar-refractivity contribution in [2.24, 2.45) is 5.41 Å². The first-order valence-corrected chi connectivity index (χ1v) is 7.00. The summed E-state index contributed by atoms with van der Waals surface area (Å²) in [4.78, 5) is 23.5. The van der Waals surface area contributed by atoms with E-state index in [1.165, 1.54) is 0 Å². The molecule has 0 aromatic rings. The highest BCUT2D eigenvalue weighted by Gasteiger charge is 2.38. The zero-order valence-corrected chi connectivity index (χ0v) is 12.5. The number of amides is 1. The Bertz CT molecular complexity index is 298. The van der Waals surface area contributed by atoms with Crippen molar-refractivity contribution in [1.82, 2.24) is 5.32 Å². The van der Waals surface area contributed by atoms with Crippen LogP contribution in [0.3, 0.4) is 0 Å². The summed E-state index contributed by atoms with van der Waals surface area (Å²) in [6, 6.07) is 0. The second-order valence-corrected chi connectivity index (χ2v) is 5.16. The van der Waals surface area contributed by atoms with Gasteiger partial charge >= 0.3 is 5.97 Å². The van der Waals surface area contributed by atoms with Crippen LogP contribution >= 0.6 is 0 Å². The average Bonchev–Trinajstić information content (AvgIpc) is 2.42. The summed E-state index contributed by atoms with van der Waals surface area (Å²) in [7, 11) is 0. The SMILES string of the molecule is CCC(CC)(CO)NC(=O)CC(CC)(CC)C(=O)O. The Morgan fingerprint density at radius 2 is 1.47 bits per heavy atom. The van der Waals surface area contributed by atoms with E-state index in [4.69, 9.17) is 0 Å². The Morgan fingerprint density at radius 1 is 1.00 bits per heavy atom. The van der Waals surface area contributed by atoms with E-state index in [0.717, 1.165) is 0 Å². The fourth-order valence-electron chi connectivity index (χ4n) is 2.22. The van der Waals surface area contributed by atoms with Crippen molar-refractivity contribution in [3.8, 4) is 0 Å². The van der Waals surface area contributed by atoms with Crippen LogP contribution in [-0.4, -0.2) is 34.2 Å². The van der Waals surface area contributed by atoms with E-state index in [1.807, 2.05) is 13.8 Å². The van der Waals surface area contributed by atoms with Gasteiger partial charge in [0.25, 0.3) is 0 Å². The highest BCUT2D eigenvalue weighted by atomic mass is 16.4. The maximum atomic E-state index is 12.1. The zero-order valence-electron chi connectivity index (χ0n) is 12.5. The minimum absolute atomic E-state index is 0.0446. The van der Waals surface area contributed by atoms with Gasteiger partial charge in [-0.25, -0.2) is 0 Å². The summed E-state index contributed by atoms with van der Waals surface area (Å²) in [6.45, 7) is 7.21. The number of carboxylic acids is 1. The maximum absolute atomic E-state index is 12.1. The fourth-order valence-corrected chi connectivity index (χ4v) is 2.22. The number of aliphatic carboxylic acids is 1. The predicted molar refractivity (Wildman–Crippen MR) is 73.8 cm³/mol. The third-order valence-corrected chi connectivity index (χ3v) is 4.37. The van der Waals surface area contributed by atoms with Gasteiger partial charge in [0.1, 0.15) is 0 Å². The van der Waals surface area contributed by atoms with Gasteiger partial charge in [-0.1, -0.05) is 27.7 Å². The van der Waals surface area contributed by atoms with Crippen LogP contribution in [0.2, 0.25) is 0 Å². The summed E-state index contributed by atoms with van der Waals surface area (Å²) < 4.78 is 0. The highest BCUT2D eigenvalue weighted by molar-refractivity contribution is 5.85. The van der Waals surface area contributed by atoms with Gasteiger partial charge in [-0.3, -0.25) is 9.59 Å². The summed E-state index contributed by atoms with van der Waals surface area (Å²) in [5, 5.41) is 21.5. The fraction of sp³-hybridized carbons (Fsp3) is 0.857. The largest absolute Gasteiger partial charge is 0.481 e. The molecule has 19 heavy (non-hydrogen) atoms. The van der Waals surface area contributed by atoms with Crippen LogP contribution in [0.5, 0.6) is 0 Å². The minimum atomic E-state index is -1.01. The van der Waals surface area contributed by atoms with Crippen LogP contribution in [0.25, 0.3) is 0 Å². The third kappa shape index (κ3) is 4.20. The molecule has 0 saturated carbocycles. The zero-order chi connectivity index (χ0) is 15.1. The minimum Gasteiger partial charge on any atom is -0.481 e. The smallest absolute Gasteiger partial charge is 0.310 e. The van der Waals surface area contributed by atoms with Gasteiger partial charge in [0.05, 0.1) is 17.6 Å². The van der Waals surface area contributed by atoms with E-state index in [9.17, 15) is 19.8 Å². The monoisotopic (exact) mass is 273 g/mol. The first-order valence-electron chi connectivity index (χ1n) is 7.00. The normalized spacial score (nSPS) is 12.3. The van der Waals surface area contributed by atoms with Crippen molar-refractivity contribution in [2.45, 2.75) is 65.3 Å². The van der Waals surface area contributed by atoms with Gasteiger partial charge in [0, 0.05) is 6.42 Å². The van der Waals surface area contributed by atoms with E-state index in [-0.39, 0.29) is 18.9 Å². The lowest BCUT2D eigenvalue weighted by atomic mass is 9.78. The molecule has 5 nitrogen and oxygen atoms in total. The molecule has 3 N–H and O–H groups in total. The number of hydrogen-bond acceptors (Lipinski definition) is 3. The molecule has 0 aliphatic carbocycles. The van der Waals surface area contributed by atoms with Gasteiger partial charge in [-0.15, -0.1) is 0 Å². The first-order chi connectivity index (χ1) is 8.85. The molecule has 0 aliphatic rings. The Labute approximate surface area is 115 Å². The number of rotatable bonds is 9. The van der Waals surface area contributed by atoms with Crippen molar-refractivity contribution in [2.75, 3.05) is 6.61 Å². The van der Waals surface area contributed by atoms with Gasteiger partial charge in [0.2, 0.25) is 5.91 Å². The molecule has 0 bridgehead atoms. The maximum Gasteiger partial charge on any atom is 0.310 e. The van der Waals surface area contributed by atoms with E-state index in [0.29, 0.717) is 25.7 Å². The summed E-state index contributed by atoms with van der Waals surface area (Å²) in [6.07, 6.45) is 2.01. The molecule has 1 amide bonds. The lowest BCUT2D eigenvalue weighted by Gasteiger charge is -2.33.